The number of nitrogens with two attached hydrogens (primary N) is 1. The standard InChI is InChI=1S/C29H40N8O9/c1-16(34-27(44)21(30)11-19-12-31-15-33-19)26(43)36-22(8-9-24(41)42)28(45)32-13-23(40)37-25(17(2)39)29(46)35-20(14-38)10-18-6-4-3-5-7-18/h3-7,12,14-17,20-22,25,39H,8-11,13,30H2,1-2H3,(H,31,33)(H,32,45)(H,34,44)(H,35,46)(H,36,43)(H,37,40)(H,41,42)/t16-,17-,20+,21+,22+,25+/m1/s1. The molecule has 17 nitrogen and oxygen atoms in total. The molecule has 0 radical (unpaired) electrons. The lowest BCUT2D eigenvalue weighted by molar-refractivity contribution is -0.138. The molecule has 1 heterocycles. The fraction of sp³-hybridized carbons (Fsp3) is 0.448. The molecule has 10 N–H and O–H groups in total. The third kappa shape index (κ3) is 12.8. The van der Waals surface area contributed by atoms with Crippen molar-refractivity contribution in [2.75, 3.05) is 6.54 Å². The van der Waals surface area contributed by atoms with Crippen LogP contribution in [0.1, 0.15) is 37.9 Å². The largest absolute Gasteiger partial charge is 0.481 e. The van der Waals surface area contributed by atoms with E-state index in [1.807, 2.05) is 0 Å². The summed E-state index contributed by atoms with van der Waals surface area (Å²) in [5, 5.41) is 31.0. The molecule has 0 aliphatic heterocycles. The van der Waals surface area contributed by atoms with E-state index in [4.69, 9.17) is 10.8 Å². The molecule has 5 amide bonds. The molecule has 0 bridgehead atoms. The first kappa shape index (κ1) is 37.0. The minimum Gasteiger partial charge on any atom is -0.481 e. The summed E-state index contributed by atoms with van der Waals surface area (Å²) < 4.78 is 0. The Morgan fingerprint density at radius 3 is 2.22 bits per heavy atom. The Labute approximate surface area is 264 Å². The number of aromatic nitrogens is 2. The Kier molecular flexibility index (Phi) is 15.0. The van der Waals surface area contributed by atoms with Crippen LogP contribution in [0.5, 0.6) is 0 Å². The highest BCUT2D eigenvalue weighted by molar-refractivity contribution is 5.95. The van der Waals surface area contributed by atoms with Gasteiger partial charge in [0.25, 0.3) is 0 Å². The maximum absolute atomic E-state index is 12.9. The van der Waals surface area contributed by atoms with Gasteiger partial charge in [0.05, 0.1) is 31.1 Å². The molecule has 0 saturated carbocycles. The van der Waals surface area contributed by atoms with Crippen LogP contribution in [0.3, 0.4) is 0 Å². The number of aliphatic carboxylic acids is 1. The second-order valence-electron chi connectivity index (χ2n) is 10.6. The van der Waals surface area contributed by atoms with Crippen molar-refractivity contribution in [3.63, 3.8) is 0 Å². The zero-order valence-corrected chi connectivity index (χ0v) is 25.4. The van der Waals surface area contributed by atoms with Gasteiger partial charge in [-0.1, -0.05) is 30.3 Å². The highest BCUT2D eigenvalue weighted by atomic mass is 16.4. The number of aliphatic hydroxyl groups is 1. The molecule has 2 aromatic rings. The lowest BCUT2D eigenvalue weighted by Crippen LogP contribution is -2.57. The summed E-state index contributed by atoms with van der Waals surface area (Å²) in [4.78, 5) is 92.7. The van der Waals surface area contributed by atoms with E-state index in [2.05, 4.69) is 36.6 Å². The van der Waals surface area contributed by atoms with Crippen LogP contribution >= 0.6 is 0 Å². The van der Waals surface area contributed by atoms with E-state index in [-0.39, 0.29) is 19.3 Å². The first-order valence-corrected chi connectivity index (χ1v) is 14.4. The molecule has 17 heteroatoms. The van der Waals surface area contributed by atoms with Crippen LogP contribution in [0.15, 0.2) is 42.9 Å². The van der Waals surface area contributed by atoms with Gasteiger partial charge in [-0.2, -0.15) is 0 Å². The van der Waals surface area contributed by atoms with Crippen LogP contribution in [-0.4, -0.2) is 105 Å². The van der Waals surface area contributed by atoms with E-state index in [9.17, 15) is 38.7 Å². The van der Waals surface area contributed by atoms with Gasteiger partial charge in [-0.15, -0.1) is 0 Å². The summed E-state index contributed by atoms with van der Waals surface area (Å²) in [5.41, 5.74) is 7.25. The zero-order valence-electron chi connectivity index (χ0n) is 25.4. The number of benzene rings is 1. The van der Waals surface area contributed by atoms with Gasteiger partial charge in [0.15, 0.2) is 0 Å². The molecule has 0 unspecified atom stereocenters. The average Bonchev–Trinajstić information content (AvgIpc) is 3.53. The molecular formula is C29H40N8O9. The predicted octanol–water partition coefficient (Wildman–Crippen LogP) is -2.96. The van der Waals surface area contributed by atoms with Crippen LogP contribution in [-0.2, 0) is 46.4 Å². The number of nitrogens with zero attached hydrogens (tertiary/aromatic N) is 1. The van der Waals surface area contributed by atoms with E-state index in [0.717, 1.165) is 5.56 Å². The second kappa shape index (κ2) is 18.6. The second-order valence-corrected chi connectivity index (χ2v) is 10.6. The van der Waals surface area contributed by atoms with Gasteiger partial charge in [-0.25, -0.2) is 4.98 Å². The van der Waals surface area contributed by atoms with E-state index in [1.54, 1.807) is 30.3 Å². The van der Waals surface area contributed by atoms with Crippen LogP contribution in [0.2, 0.25) is 0 Å². The van der Waals surface area contributed by atoms with Crippen molar-refractivity contribution in [2.45, 2.75) is 75.8 Å². The summed E-state index contributed by atoms with van der Waals surface area (Å²) in [6.45, 7) is 1.88. The van der Waals surface area contributed by atoms with Crippen molar-refractivity contribution >= 4 is 41.8 Å². The molecule has 46 heavy (non-hydrogen) atoms. The maximum atomic E-state index is 12.9. The van der Waals surface area contributed by atoms with Gasteiger partial charge >= 0.3 is 5.97 Å². The fourth-order valence-electron chi connectivity index (χ4n) is 4.14. The lowest BCUT2D eigenvalue weighted by Gasteiger charge is -2.24. The minimum atomic E-state index is -1.48. The molecule has 0 fully saturated rings. The van der Waals surface area contributed by atoms with E-state index < -0.39 is 84.8 Å². The van der Waals surface area contributed by atoms with E-state index in [0.29, 0.717) is 12.0 Å². The van der Waals surface area contributed by atoms with Crippen molar-refractivity contribution in [1.29, 1.82) is 0 Å². The summed E-state index contributed by atoms with van der Waals surface area (Å²) in [5.74, 6) is -5.37. The van der Waals surface area contributed by atoms with E-state index in [1.165, 1.54) is 26.4 Å². The lowest BCUT2D eigenvalue weighted by atomic mass is 10.1. The predicted molar refractivity (Wildman–Crippen MR) is 161 cm³/mol. The summed E-state index contributed by atoms with van der Waals surface area (Å²) in [7, 11) is 0. The quantitative estimate of drug-likeness (QED) is 0.0697. The summed E-state index contributed by atoms with van der Waals surface area (Å²) >= 11 is 0. The number of amides is 5. The number of aliphatic hydroxyl groups excluding tert-OH is 1. The molecule has 1 aromatic heterocycles. The van der Waals surface area contributed by atoms with Gasteiger partial charge in [-0.05, 0) is 32.3 Å². The normalized spacial score (nSPS) is 14.7. The Morgan fingerprint density at radius 1 is 0.935 bits per heavy atom. The Balaban J connectivity index is 1.94. The molecule has 0 spiro atoms. The number of nitrogens with one attached hydrogen (secondary N) is 6. The topological polar surface area (TPSA) is 275 Å². The Hall–Kier alpha value is -5.16. The molecule has 0 aliphatic rings. The summed E-state index contributed by atoms with van der Waals surface area (Å²) in [6.07, 6.45) is 1.50. The fourth-order valence-corrected chi connectivity index (χ4v) is 4.14. The molecule has 1 aromatic carbocycles. The van der Waals surface area contributed by atoms with Crippen molar-refractivity contribution in [3.8, 4) is 0 Å². The number of hydrogen-bond acceptors (Lipinski definition) is 10. The first-order chi connectivity index (χ1) is 21.8. The number of carboxylic acids is 1. The number of carbonyl (C=O) groups excluding carboxylic acids is 6. The third-order valence-corrected chi connectivity index (χ3v) is 6.66. The number of rotatable bonds is 19. The Bertz CT molecular complexity index is 1340. The Morgan fingerprint density at radius 2 is 1.63 bits per heavy atom. The summed E-state index contributed by atoms with van der Waals surface area (Å²) in [6, 6.07) is 2.86. The van der Waals surface area contributed by atoms with E-state index >= 15 is 0 Å². The maximum Gasteiger partial charge on any atom is 0.303 e. The van der Waals surface area contributed by atoms with Crippen molar-refractivity contribution in [2.24, 2.45) is 5.73 Å². The number of imidazole rings is 1. The average molecular weight is 645 g/mol. The van der Waals surface area contributed by atoms with Gasteiger partial charge in [0.2, 0.25) is 29.5 Å². The molecule has 2 rings (SSSR count). The van der Waals surface area contributed by atoms with Crippen LogP contribution in [0, 0.1) is 0 Å². The number of H-pyrrole nitrogens is 1. The van der Waals surface area contributed by atoms with Crippen molar-refractivity contribution < 1.29 is 43.8 Å². The number of carboxylic acid groups (broad SMARTS) is 1. The van der Waals surface area contributed by atoms with Gasteiger partial charge in [-0.3, -0.25) is 28.8 Å². The molecule has 0 saturated heterocycles. The number of aromatic amines is 1. The van der Waals surface area contributed by atoms with Crippen LogP contribution < -0.4 is 32.3 Å². The molecule has 250 valence electrons. The van der Waals surface area contributed by atoms with Crippen molar-refractivity contribution in [1.82, 2.24) is 36.6 Å². The van der Waals surface area contributed by atoms with Crippen LogP contribution in [0.25, 0.3) is 0 Å². The zero-order chi connectivity index (χ0) is 34.2. The molecular weight excluding hydrogens is 604 g/mol. The highest BCUT2D eigenvalue weighted by Crippen LogP contribution is 2.04. The first-order valence-electron chi connectivity index (χ1n) is 14.4. The monoisotopic (exact) mass is 644 g/mol. The SMILES string of the molecule is C[C@@H](NC(=O)[C@@H](N)Cc1cnc[nH]1)C(=O)N[C@@H](CCC(=O)O)C(=O)NCC(=O)N[C@H](C(=O)N[C@H](C=O)Cc1ccccc1)[C@@H](C)O. The smallest absolute Gasteiger partial charge is 0.303 e. The van der Waals surface area contributed by atoms with Gasteiger partial charge < -0.3 is 52.3 Å². The van der Waals surface area contributed by atoms with Gasteiger partial charge in [0.1, 0.15) is 24.4 Å². The molecule has 0 aliphatic carbocycles. The number of carbonyl (C=O) groups is 7. The number of aldehydes is 1. The van der Waals surface area contributed by atoms with Crippen LogP contribution in [0.4, 0.5) is 0 Å². The third-order valence-electron chi connectivity index (χ3n) is 6.66. The highest BCUT2D eigenvalue weighted by Gasteiger charge is 2.29. The minimum absolute atomic E-state index is 0.120. The van der Waals surface area contributed by atoms with Crippen molar-refractivity contribution in [3.05, 3.63) is 54.1 Å². The van der Waals surface area contributed by atoms with Gasteiger partial charge in [0, 0.05) is 24.7 Å². The number of hydrogen-bond donors (Lipinski definition) is 9. The molecule has 6 atom stereocenters.